The third-order valence-electron chi connectivity index (χ3n) is 3.41. The van der Waals surface area contributed by atoms with Crippen molar-refractivity contribution in [3.05, 3.63) is 54.1 Å². The van der Waals surface area contributed by atoms with Crippen LogP contribution in [0.1, 0.15) is 0 Å². The third kappa shape index (κ3) is 5.52. The number of rotatable bonds is 7. The first-order valence-corrected chi connectivity index (χ1v) is 7.75. The number of halogens is 2. The molecule has 0 fully saturated rings. The van der Waals surface area contributed by atoms with Gasteiger partial charge in [0.2, 0.25) is 11.8 Å². The van der Waals surface area contributed by atoms with E-state index in [1.807, 2.05) is 0 Å². The molecule has 0 aromatic heterocycles. The fourth-order valence-corrected chi connectivity index (χ4v) is 2.24. The van der Waals surface area contributed by atoms with Crippen LogP contribution in [0.5, 0.6) is 5.75 Å². The zero-order chi connectivity index (χ0) is 19.1. The summed E-state index contributed by atoms with van der Waals surface area (Å²) in [5.41, 5.74) is 0.0485. The van der Waals surface area contributed by atoms with E-state index in [-0.39, 0.29) is 19.0 Å². The number of hydrogen-bond donors (Lipinski definition) is 2. The van der Waals surface area contributed by atoms with Crippen molar-refractivity contribution in [2.45, 2.75) is 0 Å². The number of benzene rings is 2. The molecular weight excluding hydrogens is 344 g/mol. The van der Waals surface area contributed by atoms with Crippen LogP contribution in [0.25, 0.3) is 0 Å². The summed E-state index contributed by atoms with van der Waals surface area (Å²) in [5, 5.41) is 4.84. The number of likely N-dealkylation sites (N-methyl/N-ethyl adjacent to an activating group) is 1. The summed E-state index contributed by atoms with van der Waals surface area (Å²) < 4.78 is 32.1. The van der Waals surface area contributed by atoms with Gasteiger partial charge >= 0.3 is 0 Å². The molecule has 0 aliphatic heterocycles. The summed E-state index contributed by atoms with van der Waals surface area (Å²) in [6.45, 7) is -0.288. The Morgan fingerprint density at radius 1 is 1.00 bits per heavy atom. The van der Waals surface area contributed by atoms with Crippen LogP contribution in [-0.4, -0.2) is 44.0 Å². The van der Waals surface area contributed by atoms with Crippen LogP contribution in [-0.2, 0) is 9.59 Å². The number of carbonyl (C=O) groups excluding carboxylic acids is 2. The standard InChI is InChI=1S/C18H19F2N3O3/c1-23(10-16(24)21-12-5-3-6-13(9-12)26-2)11-17(25)22-18-14(19)7-4-8-15(18)20/h3-9H,10-11H2,1-2H3,(H,21,24)(H,22,25). The normalized spacial score (nSPS) is 10.5. The van der Waals surface area contributed by atoms with E-state index in [2.05, 4.69) is 10.6 Å². The number of anilines is 2. The molecule has 0 aliphatic rings. The summed E-state index contributed by atoms with van der Waals surface area (Å²) in [6, 6.07) is 10.1. The van der Waals surface area contributed by atoms with Crippen LogP contribution >= 0.6 is 0 Å². The first kappa shape index (κ1) is 19.3. The molecule has 2 aromatic carbocycles. The zero-order valence-corrected chi connectivity index (χ0v) is 14.4. The molecule has 8 heteroatoms. The molecule has 0 spiro atoms. The Morgan fingerprint density at radius 3 is 2.19 bits per heavy atom. The van der Waals surface area contributed by atoms with Crippen molar-refractivity contribution >= 4 is 23.2 Å². The van der Waals surface area contributed by atoms with Gasteiger partial charge in [-0.25, -0.2) is 8.78 Å². The second-order valence-electron chi connectivity index (χ2n) is 5.60. The Kier molecular flexibility index (Phi) is 6.62. The first-order valence-electron chi connectivity index (χ1n) is 7.75. The molecule has 2 amide bonds. The zero-order valence-electron chi connectivity index (χ0n) is 14.4. The highest BCUT2D eigenvalue weighted by atomic mass is 19.1. The van der Waals surface area contributed by atoms with E-state index in [0.717, 1.165) is 12.1 Å². The lowest BCUT2D eigenvalue weighted by Crippen LogP contribution is -2.36. The van der Waals surface area contributed by atoms with Crippen LogP contribution in [0, 0.1) is 11.6 Å². The van der Waals surface area contributed by atoms with Gasteiger partial charge in [0, 0.05) is 11.8 Å². The molecule has 0 unspecified atom stereocenters. The van der Waals surface area contributed by atoms with Gasteiger partial charge in [-0.3, -0.25) is 14.5 Å². The minimum Gasteiger partial charge on any atom is -0.497 e. The molecule has 0 atom stereocenters. The molecule has 0 saturated heterocycles. The van der Waals surface area contributed by atoms with Crippen molar-refractivity contribution in [2.75, 3.05) is 37.9 Å². The predicted molar refractivity (Wildman–Crippen MR) is 94.1 cm³/mol. The van der Waals surface area contributed by atoms with Gasteiger partial charge in [0.25, 0.3) is 0 Å². The molecule has 0 bridgehead atoms. The average molecular weight is 363 g/mol. The van der Waals surface area contributed by atoms with Crippen LogP contribution in [0.4, 0.5) is 20.2 Å². The lowest BCUT2D eigenvalue weighted by molar-refractivity contribution is -0.119. The summed E-state index contributed by atoms with van der Waals surface area (Å²) in [7, 11) is 3.06. The maximum Gasteiger partial charge on any atom is 0.238 e. The Morgan fingerprint density at radius 2 is 1.58 bits per heavy atom. The largest absolute Gasteiger partial charge is 0.497 e. The second kappa shape index (κ2) is 8.91. The van der Waals surface area contributed by atoms with E-state index in [0.29, 0.717) is 11.4 Å². The quantitative estimate of drug-likeness (QED) is 0.793. The molecular formula is C18H19F2N3O3. The van der Waals surface area contributed by atoms with E-state index in [1.54, 1.807) is 31.3 Å². The molecule has 0 aliphatic carbocycles. The lowest BCUT2D eigenvalue weighted by atomic mass is 10.3. The van der Waals surface area contributed by atoms with Crippen LogP contribution in [0.2, 0.25) is 0 Å². The monoisotopic (exact) mass is 363 g/mol. The molecule has 2 aromatic rings. The molecule has 6 nitrogen and oxygen atoms in total. The second-order valence-corrected chi connectivity index (χ2v) is 5.60. The Bertz CT molecular complexity index is 779. The Labute approximate surface area is 149 Å². The van der Waals surface area contributed by atoms with Crippen molar-refractivity contribution in [1.29, 1.82) is 0 Å². The minimum atomic E-state index is -0.864. The third-order valence-corrected chi connectivity index (χ3v) is 3.41. The van der Waals surface area contributed by atoms with Gasteiger partial charge in [-0.1, -0.05) is 12.1 Å². The smallest absolute Gasteiger partial charge is 0.238 e. The maximum atomic E-state index is 13.5. The van der Waals surface area contributed by atoms with Gasteiger partial charge in [-0.15, -0.1) is 0 Å². The number of methoxy groups -OCH3 is 1. The summed E-state index contributed by atoms with van der Waals surface area (Å²) >= 11 is 0. The van der Waals surface area contributed by atoms with Gasteiger partial charge < -0.3 is 15.4 Å². The Balaban J connectivity index is 1.86. The molecule has 0 radical (unpaired) electrons. The van der Waals surface area contributed by atoms with Crippen LogP contribution in [0.15, 0.2) is 42.5 Å². The topological polar surface area (TPSA) is 70.7 Å². The van der Waals surface area contributed by atoms with E-state index in [1.165, 1.54) is 18.1 Å². The van der Waals surface area contributed by atoms with Crippen molar-refractivity contribution in [1.82, 2.24) is 4.90 Å². The van der Waals surface area contributed by atoms with Crippen molar-refractivity contribution in [3.8, 4) is 5.75 Å². The van der Waals surface area contributed by atoms with Crippen molar-refractivity contribution in [3.63, 3.8) is 0 Å². The first-order chi connectivity index (χ1) is 12.4. The summed E-state index contributed by atoms with van der Waals surface area (Å²) in [6.07, 6.45) is 0. The van der Waals surface area contributed by atoms with Gasteiger partial charge in [0.05, 0.1) is 20.2 Å². The fourth-order valence-electron chi connectivity index (χ4n) is 2.24. The highest BCUT2D eigenvalue weighted by molar-refractivity contribution is 5.94. The van der Waals surface area contributed by atoms with E-state index < -0.39 is 23.2 Å². The summed E-state index contributed by atoms with van der Waals surface area (Å²) in [4.78, 5) is 25.4. The minimum absolute atomic E-state index is 0.0790. The highest BCUT2D eigenvalue weighted by Gasteiger charge is 2.15. The van der Waals surface area contributed by atoms with Crippen molar-refractivity contribution < 1.29 is 23.1 Å². The predicted octanol–water partition coefficient (Wildman–Crippen LogP) is 2.48. The molecule has 138 valence electrons. The van der Waals surface area contributed by atoms with Gasteiger partial charge in [0.1, 0.15) is 23.1 Å². The highest BCUT2D eigenvalue weighted by Crippen LogP contribution is 2.18. The fraction of sp³-hybridized carbons (Fsp3) is 0.222. The molecule has 0 saturated carbocycles. The average Bonchev–Trinajstić information content (AvgIpc) is 2.58. The van der Waals surface area contributed by atoms with E-state index >= 15 is 0 Å². The number of carbonyl (C=O) groups is 2. The number of amides is 2. The lowest BCUT2D eigenvalue weighted by Gasteiger charge is -2.16. The molecule has 26 heavy (non-hydrogen) atoms. The number of para-hydroxylation sites is 1. The molecule has 2 rings (SSSR count). The van der Waals surface area contributed by atoms with Crippen LogP contribution < -0.4 is 15.4 Å². The van der Waals surface area contributed by atoms with Gasteiger partial charge in [-0.2, -0.15) is 0 Å². The van der Waals surface area contributed by atoms with Gasteiger partial charge in [0.15, 0.2) is 0 Å². The maximum absolute atomic E-state index is 13.5. The van der Waals surface area contributed by atoms with Crippen LogP contribution in [0.3, 0.4) is 0 Å². The Hall–Kier alpha value is -3.00. The number of ether oxygens (including phenoxy) is 1. The number of nitrogens with zero attached hydrogens (tertiary/aromatic N) is 1. The molecule has 2 N–H and O–H groups in total. The number of nitrogens with one attached hydrogen (secondary N) is 2. The van der Waals surface area contributed by atoms with E-state index in [9.17, 15) is 18.4 Å². The SMILES string of the molecule is COc1cccc(NC(=O)CN(C)CC(=O)Nc2c(F)cccc2F)c1. The molecule has 0 heterocycles. The summed E-state index contributed by atoms with van der Waals surface area (Å²) in [5.74, 6) is -2.10. The van der Waals surface area contributed by atoms with Gasteiger partial charge in [-0.05, 0) is 31.3 Å². The van der Waals surface area contributed by atoms with Crippen molar-refractivity contribution in [2.24, 2.45) is 0 Å². The number of hydrogen-bond acceptors (Lipinski definition) is 4. The van der Waals surface area contributed by atoms with E-state index in [4.69, 9.17) is 4.74 Å².